The minimum Gasteiger partial charge on any atom is -0.360 e. The summed E-state index contributed by atoms with van der Waals surface area (Å²) in [5, 5.41) is 11.0. The Balaban J connectivity index is 1.28. The zero-order chi connectivity index (χ0) is 20.9. The highest BCUT2D eigenvalue weighted by atomic mass is 32.2. The Hall–Kier alpha value is -3.06. The average molecular weight is 430 g/mol. The minimum absolute atomic E-state index is 0.126. The highest BCUT2D eigenvalue weighted by Crippen LogP contribution is 2.42. The number of hydrogen-bond donors (Lipinski definition) is 1. The van der Waals surface area contributed by atoms with Gasteiger partial charge in [-0.05, 0) is 43.9 Å². The molecule has 2 aliphatic rings. The highest BCUT2D eigenvalue weighted by Gasteiger charge is 2.33. The van der Waals surface area contributed by atoms with Crippen molar-refractivity contribution in [3.8, 4) is 11.4 Å². The first-order chi connectivity index (χ1) is 15.2. The molecule has 0 spiro atoms. The number of amides is 1. The Bertz CT molecular complexity index is 1290. The number of nitrogens with zero attached hydrogens (tertiary/aromatic N) is 4. The Morgan fingerprint density at radius 1 is 1.13 bits per heavy atom. The van der Waals surface area contributed by atoms with E-state index in [4.69, 9.17) is 0 Å². The van der Waals surface area contributed by atoms with Crippen LogP contribution in [0.25, 0.3) is 22.3 Å². The van der Waals surface area contributed by atoms with Crippen LogP contribution in [0.5, 0.6) is 0 Å². The minimum atomic E-state index is 0.126. The van der Waals surface area contributed by atoms with Gasteiger partial charge in [0.2, 0.25) is 5.91 Å². The molecule has 1 amide bonds. The molecule has 1 unspecified atom stereocenters. The first-order valence-corrected chi connectivity index (χ1v) is 11.7. The van der Waals surface area contributed by atoms with Crippen LogP contribution in [0.2, 0.25) is 0 Å². The molecule has 1 N–H and O–H groups in total. The Labute approximate surface area is 184 Å². The maximum Gasteiger partial charge on any atom is 0.237 e. The molecule has 1 atom stereocenters. The lowest BCUT2D eigenvalue weighted by atomic mass is 10.1. The van der Waals surface area contributed by atoms with E-state index in [9.17, 15) is 4.79 Å². The number of aromatic nitrogens is 4. The van der Waals surface area contributed by atoms with Crippen molar-refractivity contribution in [3.63, 3.8) is 0 Å². The molecular weight excluding hydrogens is 406 g/mol. The third kappa shape index (κ3) is 3.15. The van der Waals surface area contributed by atoms with E-state index in [1.807, 2.05) is 41.4 Å². The van der Waals surface area contributed by atoms with Gasteiger partial charge >= 0.3 is 0 Å². The summed E-state index contributed by atoms with van der Waals surface area (Å²) in [6.45, 7) is 2.12. The molecule has 1 saturated carbocycles. The number of hydrogen-bond acceptors (Lipinski definition) is 4. The predicted molar refractivity (Wildman–Crippen MR) is 123 cm³/mol. The second-order valence-corrected chi connectivity index (χ2v) is 9.33. The molecule has 1 aliphatic heterocycles. The van der Waals surface area contributed by atoms with Crippen molar-refractivity contribution in [1.29, 1.82) is 0 Å². The molecule has 1 aliphatic carbocycles. The number of thioether (sulfide) groups is 1. The standard InChI is InChI=1S/C24H23N5OS/c1-15-12-16-6-2-5-9-21(16)28(15)22(30)14-31-24-27-26-23(29(24)17-10-11-17)19-13-25-20-8-4-3-7-18(19)20/h2-9,13,15,17,25H,10-12,14H2,1H3. The van der Waals surface area contributed by atoms with E-state index in [0.29, 0.717) is 11.8 Å². The van der Waals surface area contributed by atoms with Crippen LogP contribution in [0.4, 0.5) is 5.69 Å². The summed E-state index contributed by atoms with van der Waals surface area (Å²) in [7, 11) is 0. The van der Waals surface area contributed by atoms with Gasteiger partial charge in [0.05, 0.1) is 5.75 Å². The zero-order valence-corrected chi connectivity index (χ0v) is 18.1. The Morgan fingerprint density at radius 3 is 2.81 bits per heavy atom. The quantitative estimate of drug-likeness (QED) is 0.462. The monoisotopic (exact) mass is 429 g/mol. The van der Waals surface area contributed by atoms with Crippen LogP contribution in [-0.2, 0) is 11.2 Å². The summed E-state index contributed by atoms with van der Waals surface area (Å²) in [4.78, 5) is 18.4. The van der Waals surface area contributed by atoms with Gasteiger partial charge in [-0.25, -0.2) is 0 Å². The van der Waals surface area contributed by atoms with Gasteiger partial charge in [-0.15, -0.1) is 10.2 Å². The van der Waals surface area contributed by atoms with Crippen molar-refractivity contribution < 1.29 is 4.79 Å². The number of para-hydroxylation sites is 2. The van der Waals surface area contributed by atoms with Crippen LogP contribution in [0, 0.1) is 0 Å². The van der Waals surface area contributed by atoms with E-state index in [2.05, 4.69) is 44.9 Å². The summed E-state index contributed by atoms with van der Waals surface area (Å²) >= 11 is 1.50. The van der Waals surface area contributed by atoms with Gasteiger partial charge in [-0.3, -0.25) is 9.36 Å². The summed E-state index contributed by atoms with van der Waals surface area (Å²) in [5.74, 6) is 1.37. The first kappa shape index (κ1) is 18.7. The summed E-state index contributed by atoms with van der Waals surface area (Å²) in [6, 6.07) is 17.1. The average Bonchev–Trinajstić information content (AvgIpc) is 3.25. The molecule has 4 aromatic rings. The Kier molecular flexibility index (Phi) is 4.38. The molecule has 0 saturated heterocycles. The van der Waals surface area contributed by atoms with E-state index >= 15 is 0 Å². The lowest BCUT2D eigenvalue weighted by Gasteiger charge is -2.22. The molecular formula is C24H23N5OS. The fourth-order valence-electron chi connectivity index (χ4n) is 4.62. The third-order valence-electron chi connectivity index (χ3n) is 6.21. The van der Waals surface area contributed by atoms with E-state index in [1.54, 1.807) is 0 Å². The van der Waals surface area contributed by atoms with E-state index in [0.717, 1.165) is 52.4 Å². The lowest BCUT2D eigenvalue weighted by Crippen LogP contribution is -2.37. The molecule has 0 radical (unpaired) electrons. The van der Waals surface area contributed by atoms with Crippen LogP contribution in [-0.4, -0.2) is 37.5 Å². The number of anilines is 1. The van der Waals surface area contributed by atoms with Crippen molar-refractivity contribution >= 4 is 34.3 Å². The van der Waals surface area contributed by atoms with Gasteiger partial charge in [-0.2, -0.15) is 0 Å². The summed E-state index contributed by atoms with van der Waals surface area (Å²) in [6.07, 6.45) is 5.18. The number of H-pyrrole nitrogens is 1. The molecule has 6 nitrogen and oxygen atoms in total. The van der Waals surface area contributed by atoms with Crippen molar-refractivity contribution in [2.24, 2.45) is 0 Å². The fraction of sp³-hybridized carbons (Fsp3) is 0.292. The van der Waals surface area contributed by atoms with Gasteiger partial charge in [0.1, 0.15) is 0 Å². The molecule has 1 fully saturated rings. The molecule has 7 heteroatoms. The summed E-state index contributed by atoms with van der Waals surface area (Å²) in [5.41, 5.74) is 4.45. The van der Waals surface area contributed by atoms with E-state index < -0.39 is 0 Å². The topological polar surface area (TPSA) is 66.8 Å². The molecule has 0 bridgehead atoms. The number of nitrogens with one attached hydrogen (secondary N) is 1. The molecule has 31 heavy (non-hydrogen) atoms. The smallest absolute Gasteiger partial charge is 0.237 e. The van der Waals surface area contributed by atoms with Gasteiger partial charge in [0.15, 0.2) is 11.0 Å². The van der Waals surface area contributed by atoms with E-state index in [-0.39, 0.29) is 11.9 Å². The second-order valence-electron chi connectivity index (χ2n) is 8.39. The molecule has 2 aromatic carbocycles. The van der Waals surface area contributed by atoms with Crippen LogP contribution in [0.1, 0.15) is 31.4 Å². The van der Waals surface area contributed by atoms with Crippen LogP contribution >= 0.6 is 11.8 Å². The van der Waals surface area contributed by atoms with Gasteiger partial charge in [0, 0.05) is 40.4 Å². The van der Waals surface area contributed by atoms with Gasteiger partial charge in [0.25, 0.3) is 0 Å². The Morgan fingerprint density at radius 2 is 1.94 bits per heavy atom. The van der Waals surface area contributed by atoms with Crippen LogP contribution in [0.15, 0.2) is 59.9 Å². The largest absolute Gasteiger partial charge is 0.360 e. The fourth-order valence-corrected chi connectivity index (χ4v) is 5.48. The molecule has 6 rings (SSSR count). The molecule has 3 heterocycles. The number of aromatic amines is 1. The second kappa shape index (κ2) is 7.27. The number of carbonyl (C=O) groups excluding carboxylic acids is 1. The zero-order valence-electron chi connectivity index (χ0n) is 17.3. The van der Waals surface area contributed by atoms with Crippen LogP contribution < -0.4 is 4.90 Å². The third-order valence-corrected chi connectivity index (χ3v) is 7.14. The number of benzene rings is 2. The lowest BCUT2D eigenvalue weighted by molar-refractivity contribution is -0.116. The van der Waals surface area contributed by atoms with Crippen molar-refractivity contribution in [1.82, 2.24) is 19.7 Å². The van der Waals surface area contributed by atoms with Gasteiger partial charge in [-0.1, -0.05) is 48.2 Å². The number of fused-ring (bicyclic) bond motifs is 2. The number of rotatable bonds is 5. The SMILES string of the molecule is CC1Cc2ccccc2N1C(=O)CSc1nnc(-c2c[nH]c3ccccc23)n1C1CC1. The molecule has 156 valence electrons. The normalized spacial score (nSPS) is 18.0. The number of carbonyl (C=O) groups is 1. The van der Waals surface area contributed by atoms with Crippen LogP contribution in [0.3, 0.4) is 0 Å². The maximum atomic E-state index is 13.1. The van der Waals surface area contributed by atoms with Gasteiger partial charge < -0.3 is 9.88 Å². The predicted octanol–water partition coefficient (Wildman–Crippen LogP) is 4.83. The van der Waals surface area contributed by atoms with E-state index in [1.165, 1.54) is 17.3 Å². The highest BCUT2D eigenvalue weighted by molar-refractivity contribution is 7.99. The van der Waals surface area contributed by atoms with Crippen molar-refractivity contribution in [2.45, 2.75) is 43.4 Å². The van der Waals surface area contributed by atoms with Crippen molar-refractivity contribution in [3.05, 3.63) is 60.3 Å². The van der Waals surface area contributed by atoms with Crippen molar-refractivity contribution in [2.75, 3.05) is 10.7 Å². The summed E-state index contributed by atoms with van der Waals surface area (Å²) < 4.78 is 2.23. The maximum absolute atomic E-state index is 13.1. The first-order valence-electron chi connectivity index (χ1n) is 10.7. The molecule has 2 aromatic heterocycles.